The molecule has 0 saturated heterocycles. The van der Waals surface area contributed by atoms with E-state index in [-0.39, 0.29) is 5.56 Å². The van der Waals surface area contributed by atoms with Gasteiger partial charge in [-0.25, -0.2) is 4.98 Å². The largest absolute Gasteiger partial charge is 0.275 e. The zero-order valence-electron chi connectivity index (χ0n) is 15.6. The molecule has 0 radical (unpaired) electrons. The van der Waals surface area contributed by atoms with Crippen LogP contribution >= 0.6 is 23.1 Å². The van der Waals surface area contributed by atoms with Gasteiger partial charge >= 0.3 is 0 Å². The monoisotopic (exact) mass is 413 g/mol. The van der Waals surface area contributed by atoms with Gasteiger partial charge in [0.25, 0.3) is 5.56 Å². The van der Waals surface area contributed by atoms with Crippen LogP contribution in [0.25, 0.3) is 10.6 Å². The van der Waals surface area contributed by atoms with Crippen molar-refractivity contribution in [3.05, 3.63) is 57.0 Å². The minimum absolute atomic E-state index is 0.174. The number of aromatic nitrogens is 7. The van der Waals surface area contributed by atoms with E-state index in [2.05, 4.69) is 44.7 Å². The summed E-state index contributed by atoms with van der Waals surface area (Å²) in [6.45, 7) is 4.05. The second-order valence-electron chi connectivity index (χ2n) is 6.33. The second-order valence-corrected chi connectivity index (χ2v) is 8.44. The number of hydrogen-bond donors (Lipinski definition) is 0. The molecule has 8 nitrogen and oxygen atoms in total. The zero-order chi connectivity index (χ0) is 19.5. The highest BCUT2D eigenvalue weighted by Crippen LogP contribution is 2.22. The van der Waals surface area contributed by atoms with Gasteiger partial charge in [-0.3, -0.25) is 4.79 Å². The predicted molar refractivity (Wildman–Crippen MR) is 109 cm³/mol. The molecule has 3 heterocycles. The number of benzene rings is 1. The van der Waals surface area contributed by atoms with Crippen molar-refractivity contribution < 1.29 is 0 Å². The van der Waals surface area contributed by atoms with Crippen LogP contribution < -0.4 is 5.56 Å². The summed E-state index contributed by atoms with van der Waals surface area (Å²) >= 11 is 2.84. The third-order valence-corrected chi connectivity index (χ3v) is 5.97. The number of fused-ring (bicyclic) bond motifs is 1. The van der Waals surface area contributed by atoms with Gasteiger partial charge in [-0.2, -0.15) is 14.3 Å². The van der Waals surface area contributed by atoms with E-state index in [4.69, 9.17) is 0 Å². The van der Waals surface area contributed by atoms with E-state index in [1.165, 1.54) is 52.1 Å². The molecular formula is C18H19N7OS2. The topological polar surface area (TPSA) is 90.9 Å². The minimum Gasteiger partial charge on any atom is -0.267 e. The van der Waals surface area contributed by atoms with Crippen LogP contribution in [0.5, 0.6) is 0 Å². The summed E-state index contributed by atoms with van der Waals surface area (Å²) in [6, 6.07) is 9.80. The molecule has 28 heavy (non-hydrogen) atoms. The maximum absolute atomic E-state index is 12.2. The van der Waals surface area contributed by atoms with Crippen LogP contribution in [0, 0.1) is 6.92 Å². The fourth-order valence-electron chi connectivity index (χ4n) is 2.78. The van der Waals surface area contributed by atoms with Gasteiger partial charge in [0, 0.05) is 11.8 Å². The maximum Gasteiger partial charge on any atom is 0.275 e. The van der Waals surface area contributed by atoms with Gasteiger partial charge in [-0.05, 0) is 47.9 Å². The van der Waals surface area contributed by atoms with E-state index in [0.29, 0.717) is 21.6 Å². The SMILES string of the molecule is CCCCc1ccc(-n2nnnc2SCc2cc(=O)n3nc(C)sc3n2)cc1. The second kappa shape index (κ2) is 8.19. The van der Waals surface area contributed by atoms with Crippen LogP contribution in [0.1, 0.15) is 36.0 Å². The standard InChI is InChI=1S/C18H19N7OS2/c1-3-4-5-13-6-8-15(9-7-13)24-18(20-22-23-24)27-11-14-10-16(26)25-17(19-14)28-12(2)21-25/h6-10H,3-5,11H2,1-2H3. The highest BCUT2D eigenvalue weighted by atomic mass is 32.2. The third-order valence-electron chi connectivity index (χ3n) is 4.19. The van der Waals surface area contributed by atoms with Crippen molar-refractivity contribution in [3.63, 3.8) is 0 Å². The Kier molecular flexibility index (Phi) is 5.49. The van der Waals surface area contributed by atoms with E-state index < -0.39 is 0 Å². The summed E-state index contributed by atoms with van der Waals surface area (Å²) in [6.07, 6.45) is 3.44. The number of hydrogen-bond acceptors (Lipinski definition) is 8. The van der Waals surface area contributed by atoms with Crippen LogP contribution in [-0.4, -0.2) is 34.8 Å². The first-order valence-corrected chi connectivity index (χ1v) is 10.8. The van der Waals surface area contributed by atoms with Crippen molar-refractivity contribution in [3.8, 4) is 5.69 Å². The molecule has 0 amide bonds. The molecule has 0 aliphatic rings. The molecule has 144 valence electrons. The molecule has 3 aromatic heterocycles. The van der Waals surface area contributed by atoms with Crippen molar-refractivity contribution in [2.45, 2.75) is 44.0 Å². The highest BCUT2D eigenvalue weighted by Gasteiger charge is 2.12. The van der Waals surface area contributed by atoms with Crippen molar-refractivity contribution in [2.75, 3.05) is 0 Å². The fraction of sp³-hybridized carbons (Fsp3) is 0.333. The van der Waals surface area contributed by atoms with Gasteiger partial charge in [0.1, 0.15) is 5.01 Å². The Morgan fingerprint density at radius 1 is 1.21 bits per heavy atom. The molecule has 4 rings (SSSR count). The number of aryl methyl sites for hydroxylation is 2. The lowest BCUT2D eigenvalue weighted by Gasteiger charge is -2.06. The van der Waals surface area contributed by atoms with Gasteiger partial charge in [-0.15, -0.1) is 5.10 Å². The van der Waals surface area contributed by atoms with Crippen molar-refractivity contribution in [1.82, 2.24) is 34.8 Å². The molecule has 0 fully saturated rings. The quantitative estimate of drug-likeness (QED) is 0.430. The average Bonchev–Trinajstić information content (AvgIpc) is 3.31. The number of thioether (sulfide) groups is 1. The molecule has 1 aromatic carbocycles. The van der Waals surface area contributed by atoms with Crippen LogP contribution in [0.15, 0.2) is 40.3 Å². The zero-order valence-corrected chi connectivity index (χ0v) is 17.2. The molecule has 0 bridgehead atoms. The first-order valence-electron chi connectivity index (χ1n) is 9.01. The molecule has 0 saturated carbocycles. The summed E-state index contributed by atoms with van der Waals surface area (Å²) in [5, 5.41) is 17.6. The van der Waals surface area contributed by atoms with E-state index in [1.54, 1.807) is 4.68 Å². The lowest BCUT2D eigenvalue weighted by molar-refractivity contribution is 0.753. The highest BCUT2D eigenvalue weighted by molar-refractivity contribution is 7.98. The van der Waals surface area contributed by atoms with Crippen molar-refractivity contribution in [2.24, 2.45) is 0 Å². The van der Waals surface area contributed by atoms with Crippen LogP contribution in [-0.2, 0) is 12.2 Å². The molecule has 4 aromatic rings. The Hall–Kier alpha value is -2.59. The summed E-state index contributed by atoms with van der Waals surface area (Å²) in [4.78, 5) is 17.3. The molecule has 10 heteroatoms. The summed E-state index contributed by atoms with van der Waals surface area (Å²) in [7, 11) is 0. The molecule has 0 unspecified atom stereocenters. The number of unbranched alkanes of at least 4 members (excludes halogenated alkanes) is 1. The maximum atomic E-state index is 12.2. The van der Waals surface area contributed by atoms with Crippen molar-refractivity contribution >= 4 is 28.1 Å². The first kappa shape index (κ1) is 18.8. The van der Waals surface area contributed by atoms with E-state index in [9.17, 15) is 4.79 Å². The fourth-order valence-corrected chi connectivity index (χ4v) is 4.33. The number of tetrazole rings is 1. The van der Waals surface area contributed by atoms with Gasteiger partial charge in [0.05, 0.1) is 11.4 Å². The molecule has 0 atom stereocenters. The first-order chi connectivity index (χ1) is 13.6. The Balaban J connectivity index is 1.51. The predicted octanol–water partition coefficient (Wildman–Crippen LogP) is 3.07. The Labute approximate surface area is 169 Å². The Morgan fingerprint density at radius 3 is 2.82 bits per heavy atom. The van der Waals surface area contributed by atoms with E-state index in [0.717, 1.165) is 17.1 Å². The summed E-state index contributed by atoms with van der Waals surface area (Å²) < 4.78 is 3.04. The van der Waals surface area contributed by atoms with Gasteiger partial charge in [0.2, 0.25) is 10.1 Å². The van der Waals surface area contributed by atoms with Gasteiger partial charge in [0.15, 0.2) is 0 Å². The lowest BCUT2D eigenvalue weighted by Crippen LogP contribution is -2.15. The van der Waals surface area contributed by atoms with E-state index in [1.807, 2.05) is 19.1 Å². The molecule has 0 aliphatic carbocycles. The van der Waals surface area contributed by atoms with Crippen LogP contribution in [0.3, 0.4) is 0 Å². The number of nitrogens with zero attached hydrogens (tertiary/aromatic N) is 7. The summed E-state index contributed by atoms with van der Waals surface area (Å²) in [5.41, 5.74) is 2.73. The van der Waals surface area contributed by atoms with Crippen LogP contribution in [0.2, 0.25) is 0 Å². The molecule has 0 spiro atoms. The van der Waals surface area contributed by atoms with Gasteiger partial charge in [-0.1, -0.05) is 48.6 Å². The molecule has 0 aliphatic heterocycles. The Morgan fingerprint density at radius 2 is 2.04 bits per heavy atom. The normalized spacial score (nSPS) is 11.4. The van der Waals surface area contributed by atoms with E-state index >= 15 is 0 Å². The average molecular weight is 414 g/mol. The molecule has 0 N–H and O–H groups in total. The van der Waals surface area contributed by atoms with Crippen LogP contribution in [0.4, 0.5) is 0 Å². The molecular weight excluding hydrogens is 394 g/mol. The summed E-state index contributed by atoms with van der Waals surface area (Å²) in [5.74, 6) is 0.498. The third kappa shape index (κ3) is 3.97. The minimum atomic E-state index is -0.174. The van der Waals surface area contributed by atoms with Gasteiger partial charge < -0.3 is 0 Å². The smallest absolute Gasteiger partial charge is 0.267 e. The Bertz CT molecular complexity index is 1150. The lowest BCUT2D eigenvalue weighted by atomic mass is 10.1. The number of rotatable bonds is 7. The van der Waals surface area contributed by atoms with Crippen molar-refractivity contribution in [1.29, 1.82) is 0 Å².